The Bertz CT molecular complexity index is 622. The van der Waals surface area contributed by atoms with Crippen molar-refractivity contribution in [2.45, 2.75) is 45.1 Å². The Balaban J connectivity index is 0.00000242. The number of halogens is 2. The summed E-state index contributed by atoms with van der Waals surface area (Å²) in [4.78, 5) is 0. The van der Waals surface area contributed by atoms with E-state index in [-0.39, 0.29) is 37.0 Å². The van der Waals surface area contributed by atoms with Crippen LogP contribution in [0.15, 0.2) is 30.3 Å². The fourth-order valence-electron chi connectivity index (χ4n) is 3.97. The summed E-state index contributed by atoms with van der Waals surface area (Å²) in [7, 11) is 0. The second-order valence-corrected chi connectivity index (χ2v) is 23.3. The number of allylic oxidation sites excluding steroid dienone is 1. The van der Waals surface area contributed by atoms with Gasteiger partial charge in [-0.2, -0.15) is 0 Å². The standard InChI is InChI=1S/C9H7.C4H10N.C3H7O.CH3.CH2.2ClH.Zr/c1-2-5-9-7-3-6-8(9)4-1;1-4(2,3)5;1-2-3-4;;;;;/h1-7H;5H,1-3H3;4H,1-3H2;1H3;1H2;2*1H;/q;-1;;;;;;+1. The van der Waals surface area contributed by atoms with E-state index in [1.165, 1.54) is 11.1 Å². The summed E-state index contributed by atoms with van der Waals surface area (Å²) in [5.74, 6) is 0. The number of aliphatic hydroxyl groups excluding tert-OH is 1. The van der Waals surface area contributed by atoms with Crippen molar-refractivity contribution in [3.63, 3.8) is 0 Å². The number of nitrogens with one attached hydrogen (secondary N) is 1. The Morgan fingerprint density at radius 2 is 1.83 bits per heavy atom. The van der Waals surface area contributed by atoms with Crippen LogP contribution in [0.2, 0.25) is 8.76 Å². The van der Waals surface area contributed by atoms with Crippen LogP contribution in [-0.4, -0.2) is 21.5 Å². The van der Waals surface area contributed by atoms with Gasteiger partial charge in [-0.1, -0.05) is 0 Å². The minimum absolute atomic E-state index is 0. The van der Waals surface area contributed by atoms with E-state index in [1.54, 1.807) is 0 Å². The molecule has 0 spiro atoms. The van der Waals surface area contributed by atoms with Crippen molar-refractivity contribution in [2.75, 3.05) is 6.61 Å². The molecule has 132 valence electrons. The molecule has 0 radical (unpaired) electrons. The topological polar surface area (TPSA) is 32.3 Å². The summed E-state index contributed by atoms with van der Waals surface area (Å²) in [6.07, 6.45) is 5.42. The monoisotopic (exact) mass is 437 g/mol. The summed E-state index contributed by atoms with van der Waals surface area (Å²) >= 11 is -3.50. The van der Waals surface area contributed by atoms with Gasteiger partial charge in [-0.3, -0.25) is 0 Å². The van der Waals surface area contributed by atoms with Crippen LogP contribution >= 0.6 is 24.8 Å². The van der Waals surface area contributed by atoms with Gasteiger partial charge < -0.3 is 0 Å². The molecule has 1 aromatic rings. The zero-order chi connectivity index (χ0) is 15.8. The summed E-state index contributed by atoms with van der Waals surface area (Å²) in [5.41, 5.74) is 2.78. The van der Waals surface area contributed by atoms with Crippen LogP contribution in [0.1, 0.15) is 41.9 Å². The second-order valence-electron chi connectivity index (χ2n) is 8.07. The van der Waals surface area contributed by atoms with Gasteiger partial charge in [0.1, 0.15) is 0 Å². The molecule has 0 heterocycles. The summed E-state index contributed by atoms with van der Waals surface area (Å²) in [6, 6.07) is 8.65. The Labute approximate surface area is 154 Å². The number of fused-ring (bicyclic) bond motifs is 1. The molecule has 1 unspecified atom stereocenters. The molecule has 0 aliphatic heterocycles. The maximum absolute atomic E-state index is 9.34. The molecule has 2 N–H and O–H groups in total. The Morgan fingerprint density at radius 1 is 1.22 bits per heavy atom. The van der Waals surface area contributed by atoms with Crippen molar-refractivity contribution >= 4 is 35.1 Å². The van der Waals surface area contributed by atoms with E-state index >= 15 is 0 Å². The third-order valence-electron chi connectivity index (χ3n) is 4.49. The van der Waals surface area contributed by atoms with Crippen LogP contribution in [0.4, 0.5) is 0 Å². The van der Waals surface area contributed by atoms with Gasteiger partial charge in [0.2, 0.25) is 0 Å². The van der Waals surface area contributed by atoms with E-state index in [9.17, 15) is 5.11 Å². The van der Waals surface area contributed by atoms with Crippen molar-refractivity contribution in [3.8, 4) is 0 Å². The van der Waals surface area contributed by atoms with E-state index < -0.39 is 18.6 Å². The Morgan fingerprint density at radius 3 is 2.39 bits per heavy atom. The number of hydrogen-bond donors (Lipinski definition) is 2. The number of aliphatic hydroxyl groups is 1. The van der Waals surface area contributed by atoms with Crippen molar-refractivity contribution in [3.05, 3.63) is 41.5 Å². The van der Waals surface area contributed by atoms with E-state index in [0.717, 1.165) is 10.5 Å². The summed E-state index contributed by atoms with van der Waals surface area (Å²) < 4.78 is 12.6. The second kappa shape index (κ2) is 8.06. The van der Waals surface area contributed by atoms with E-state index in [2.05, 4.69) is 65.1 Å². The van der Waals surface area contributed by atoms with E-state index in [1.807, 2.05) is 0 Å². The van der Waals surface area contributed by atoms with E-state index in [0.29, 0.717) is 3.63 Å². The fourth-order valence-corrected chi connectivity index (χ4v) is 18.2. The molecule has 1 atom stereocenters. The first kappa shape index (κ1) is 23.2. The molecule has 0 aromatic heterocycles. The molecule has 0 saturated carbocycles. The fraction of sp³-hybridized carbons (Fsp3) is 0.500. The quantitative estimate of drug-likeness (QED) is 0.686. The SMILES string of the molecule is Cl.Cl.[CH2]=[Zr]([CH3])([CH2]CCO)([NH]C(C)(C)C)[CH]1C=Cc2ccccc21. The molecule has 1 aromatic carbocycles. The van der Waals surface area contributed by atoms with Gasteiger partial charge in [0, 0.05) is 0 Å². The van der Waals surface area contributed by atoms with Crippen LogP contribution in [0.3, 0.4) is 0 Å². The first-order valence-electron chi connectivity index (χ1n) is 7.88. The first-order valence-corrected chi connectivity index (χ1v) is 16.5. The van der Waals surface area contributed by atoms with Gasteiger partial charge in [-0.15, -0.1) is 24.8 Å². The van der Waals surface area contributed by atoms with Crippen LogP contribution in [-0.2, 0) is 18.6 Å². The van der Waals surface area contributed by atoms with Gasteiger partial charge in [0.15, 0.2) is 0 Å². The third-order valence-corrected chi connectivity index (χ3v) is 18.2. The van der Waals surface area contributed by atoms with Crippen LogP contribution in [0, 0.1) is 0 Å². The number of hydrogen-bond acceptors (Lipinski definition) is 2. The molecule has 23 heavy (non-hydrogen) atoms. The van der Waals surface area contributed by atoms with Gasteiger partial charge in [-0.25, -0.2) is 0 Å². The van der Waals surface area contributed by atoms with Gasteiger partial charge >= 0.3 is 130 Å². The Hall–Kier alpha value is 0.213. The minimum atomic E-state index is -3.50. The normalized spacial score (nSPS) is 17.2. The average molecular weight is 440 g/mol. The van der Waals surface area contributed by atoms with Crippen LogP contribution < -0.4 is 3.26 Å². The average Bonchev–Trinajstić information content (AvgIpc) is 2.79. The zero-order valence-electron chi connectivity index (χ0n) is 14.6. The predicted octanol–water partition coefficient (Wildman–Crippen LogP) is 4.87. The van der Waals surface area contributed by atoms with Gasteiger partial charge in [0.25, 0.3) is 0 Å². The molecule has 2 rings (SSSR count). The first-order chi connectivity index (χ1) is 9.65. The Kier molecular flexibility index (Phi) is 8.14. The predicted molar refractivity (Wildman–Crippen MR) is 105 cm³/mol. The zero-order valence-corrected chi connectivity index (χ0v) is 18.7. The third kappa shape index (κ3) is 5.34. The molecule has 1 aliphatic rings. The molecular formula is C18H31Cl2NOZr. The van der Waals surface area contributed by atoms with Crippen molar-refractivity contribution in [1.29, 1.82) is 0 Å². The van der Waals surface area contributed by atoms with Crippen LogP contribution in [0.5, 0.6) is 0 Å². The molecule has 0 fully saturated rings. The van der Waals surface area contributed by atoms with E-state index in [4.69, 9.17) is 4.21 Å². The molecule has 1 aliphatic carbocycles. The number of benzene rings is 1. The van der Waals surface area contributed by atoms with Crippen LogP contribution in [0.25, 0.3) is 6.08 Å². The molecule has 0 saturated heterocycles. The molecular weight excluding hydrogens is 408 g/mol. The van der Waals surface area contributed by atoms with Gasteiger partial charge in [-0.05, 0) is 0 Å². The van der Waals surface area contributed by atoms with Crippen molar-refractivity contribution in [2.24, 2.45) is 0 Å². The maximum atomic E-state index is 9.34. The number of rotatable bonds is 5. The van der Waals surface area contributed by atoms with Crippen molar-refractivity contribution < 1.29 is 23.7 Å². The van der Waals surface area contributed by atoms with Crippen molar-refractivity contribution in [1.82, 2.24) is 3.26 Å². The molecule has 5 heteroatoms. The molecule has 2 nitrogen and oxygen atoms in total. The molecule has 0 bridgehead atoms. The molecule has 0 amide bonds. The van der Waals surface area contributed by atoms with Gasteiger partial charge in [0.05, 0.1) is 0 Å². The summed E-state index contributed by atoms with van der Waals surface area (Å²) in [5, 5.41) is 9.34. The summed E-state index contributed by atoms with van der Waals surface area (Å²) in [6.45, 7) is 6.91.